The van der Waals surface area contributed by atoms with E-state index in [9.17, 15) is 14.0 Å². The number of aromatic nitrogens is 3. The van der Waals surface area contributed by atoms with E-state index in [1.54, 1.807) is 25.3 Å². The van der Waals surface area contributed by atoms with Gasteiger partial charge in [0.25, 0.3) is 5.56 Å². The van der Waals surface area contributed by atoms with Crippen molar-refractivity contribution in [3.8, 4) is 11.1 Å². The number of aliphatic carboxylic acids is 1. The van der Waals surface area contributed by atoms with Crippen molar-refractivity contribution in [1.29, 1.82) is 0 Å². The molecule has 23 heavy (non-hydrogen) atoms. The number of rotatable bonds is 4. The van der Waals surface area contributed by atoms with Gasteiger partial charge in [-0.05, 0) is 31.0 Å². The van der Waals surface area contributed by atoms with Crippen LogP contribution in [0.15, 0.2) is 35.3 Å². The van der Waals surface area contributed by atoms with Crippen LogP contribution in [0.4, 0.5) is 4.39 Å². The highest BCUT2D eigenvalue weighted by atomic mass is 19.1. The van der Waals surface area contributed by atoms with Crippen molar-refractivity contribution in [1.82, 2.24) is 14.6 Å². The van der Waals surface area contributed by atoms with Gasteiger partial charge in [0, 0.05) is 29.4 Å². The minimum atomic E-state index is -0.965. The first-order valence-electron chi connectivity index (χ1n) is 7.04. The third-order valence-corrected chi connectivity index (χ3v) is 3.71. The highest BCUT2D eigenvalue weighted by Crippen LogP contribution is 2.23. The average Bonchev–Trinajstić information content (AvgIpc) is 2.91. The summed E-state index contributed by atoms with van der Waals surface area (Å²) in [6.07, 6.45) is 1.62. The summed E-state index contributed by atoms with van der Waals surface area (Å²) in [7, 11) is 0. The number of aromatic amines is 1. The first-order chi connectivity index (χ1) is 11.0. The van der Waals surface area contributed by atoms with E-state index >= 15 is 0 Å². The average molecular weight is 315 g/mol. The van der Waals surface area contributed by atoms with Crippen molar-refractivity contribution in [2.45, 2.75) is 19.8 Å². The third-order valence-electron chi connectivity index (χ3n) is 3.71. The SMILES string of the molecule is Cc1nc2c(-c3ccc(F)cc3)c[nH]n2c(=O)c1CCC(=O)O. The van der Waals surface area contributed by atoms with Crippen LogP contribution in [-0.2, 0) is 11.2 Å². The third kappa shape index (κ3) is 2.73. The zero-order chi connectivity index (χ0) is 16.6. The molecule has 0 spiro atoms. The molecule has 0 saturated carbocycles. The number of hydrogen-bond donors (Lipinski definition) is 2. The van der Waals surface area contributed by atoms with Crippen LogP contribution in [-0.4, -0.2) is 25.7 Å². The fourth-order valence-corrected chi connectivity index (χ4v) is 2.52. The van der Waals surface area contributed by atoms with Crippen LogP contribution in [0.2, 0.25) is 0 Å². The normalized spacial score (nSPS) is 11.0. The molecule has 7 heteroatoms. The summed E-state index contributed by atoms with van der Waals surface area (Å²) in [5, 5.41) is 11.6. The summed E-state index contributed by atoms with van der Waals surface area (Å²) in [5.74, 6) is -1.31. The Hall–Kier alpha value is -2.96. The molecule has 118 valence electrons. The number of nitrogens with zero attached hydrogens (tertiary/aromatic N) is 2. The van der Waals surface area contributed by atoms with Gasteiger partial charge in [-0.1, -0.05) is 12.1 Å². The summed E-state index contributed by atoms with van der Waals surface area (Å²) in [6.45, 7) is 1.68. The molecule has 0 radical (unpaired) electrons. The largest absolute Gasteiger partial charge is 0.481 e. The molecule has 6 nitrogen and oxygen atoms in total. The van der Waals surface area contributed by atoms with E-state index in [1.807, 2.05) is 0 Å². The van der Waals surface area contributed by atoms with E-state index in [1.165, 1.54) is 16.6 Å². The monoisotopic (exact) mass is 315 g/mol. The van der Waals surface area contributed by atoms with Crippen LogP contribution in [0.25, 0.3) is 16.8 Å². The van der Waals surface area contributed by atoms with Gasteiger partial charge in [0.15, 0.2) is 5.65 Å². The van der Waals surface area contributed by atoms with Crippen molar-refractivity contribution in [2.24, 2.45) is 0 Å². The van der Waals surface area contributed by atoms with Gasteiger partial charge in [-0.2, -0.15) is 0 Å². The van der Waals surface area contributed by atoms with E-state index < -0.39 is 5.97 Å². The quantitative estimate of drug-likeness (QED) is 0.772. The molecular weight excluding hydrogens is 301 g/mol. The Morgan fingerprint density at radius 3 is 2.70 bits per heavy atom. The second-order valence-electron chi connectivity index (χ2n) is 5.23. The smallest absolute Gasteiger partial charge is 0.303 e. The van der Waals surface area contributed by atoms with Crippen LogP contribution in [0.5, 0.6) is 0 Å². The summed E-state index contributed by atoms with van der Waals surface area (Å²) in [6, 6.07) is 5.90. The summed E-state index contributed by atoms with van der Waals surface area (Å²) in [4.78, 5) is 27.6. The molecule has 0 amide bonds. The summed E-state index contributed by atoms with van der Waals surface area (Å²) in [5.41, 5.74) is 2.39. The lowest BCUT2D eigenvalue weighted by molar-refractivity contribution is -0.136. The van der Waals surface area contributed by atoms with Crippen LogP contribution < -0.4 is 5.56 Å². The highest BCUT2D eigenvalue weighted by Gasteiger charge is 2.15. The Bertz CT molecular complexity index is 942. The number of aryl methyl sites for hydroxylation is 1. The summed E-state index contributed by atoms with van der Waals surface area (Å²) >= 11 is 0. The molecule has 0 unspecified atom stereocenters. The van der Waals surface area contributed by atoms with E-state index in [2.05, 4.69) is 10.1 Å². The minimum Gasteiger partial charge on any atom is -0.481 e. The predicted octanol–water partition coefficient (Wildman–Crippen LogP) is 2.15. The van der Waals surface area contributed by atoms with Crippen LogP contribution in [0.3, 0.4) is 0 Å². The van der Waals surface area contributed by atoms with Gasteiger partial charge in [-0.15, -0.1) is 0 Å². The molecule has 0 atom stereocenters. The lowest BCUT2D eigenvalue weighted by Crippen LogP contribution is -2.22. The molecule has 2 N–H and O–H groups in total. The molecule has 0 aliphatic rings. The maximum Gasteiger partial charge on any atom is 0.303 e. The molecular formula is C16H14FN3O3. The molecule has 3 aromatic rings. The Labute approximate surface area is 130 Å². The highest BCUT2D eigenvalue weighted by molar-refractivity contribution is 5.77. The van der Waals surface area contributed by atoms with Crippen molar-refractivity contribution in [3.05, 3.63) is 57.9 Å². The van der Waals surface area contributed by atoms with Crippen molar-refractivity contribution >= 4 is 11.6 Å². The zero-order valence-electron chi connectivity index (χ0n) is 12.3. The molecule has 1 aromatic carbocycles. The Balaban J connectivity index is 2.13. The molecule has 0 bridgehead atoms. The van der Waals surface area contributed by atoms with E-state index in [4.69, 9.17) is 5.11 Å². The van der Waals surface area contributed by atoms with Gasteiger partial charge >= 0.3 is 5.97 Å². The Morgan fingerprint density at radius 1 is 1.35 bits per heavy atom. The molecule has 2 aromatic heterocycles. The Kier molecular flexibility index (Phi) is 3.69. The molecule has 0 fully saturated rings. The first kappa shape index (κ1) is 15.0. The van der Waals surface area contributed by atoms with Gasteiger partial charge in [-0.3, -0.25) is 14.7 Å². The van der Waals surface area contributed by atoms with E-state index in [0.717, 1.165) is 5.56 Å². The number of carboxylic acids is 1. The minimum absolute atomic E-state index is 0.126. The maximum absolute atomic E-state index is 13.0. The van der Waals surface area contributed by atoms with Gasteiger partial charge in [0.2, 0.25) is 0 Å². The lowest BCUT2D eigenvalue weighted by Gasteiger charge is -2.05. The van der Waals surface area contributed by atoms with Crippen molar-refractivity contribution < 1.29 is 14.3 Å². The molecule has 3 rings (SSSR count). The van der Waals surface area contributed by atoms with E-state index in [-0.39, 0.29) is 24.2 Å². The standard InChI is InChI=1S/C16H14FN3O3/c1-9-12(6-7-14(21)22)16(23)20-15(19-9)13(8-18-20)10-2-4-11(17)5-3-10/h2-5,8,18H,6-7H2,1H3,(H,21,22). The fourth-order valence-electron chi connectivity index (χ4n) is 2.52. The first-order valence-corrected chi connectivity index (χ1v) is 7.04. The molecule has 0 aliphatic carbocycles. The fraction of sp³-hybridized carbons (Fsp3) is 0.188. The number of halogens is 1. The van der Waals surface area contributed by atoms with Gasteiger partial charge in [0.05, 0.1) is 0 Å². The van der Waals surface area contributed by atoms with Gasteiger partial charge in [0.1, 0.15) is 5.82 Å². The maximum atomic E-state index is 13.0. The van der Waals surface area contributed by atoms with Crippen LogP contribution in [0.1, 0.15) is 17.7 Å². The number of carboxylic acid groups (broad SMARTS) is 1. The number of fused-ring (bicyclic) bond motifs is 1. The number of H-pyrrole nitrogens is 1. The number of nitrogens with one attached hydrogen (secondary N) is 1. The lowest BCUT2D eigenvalue weighted by atomic mass is 10.1. The van der Waals surface area contributed by atoms with Crippen molar-refractivity contribution in [2.75, 3.05) is 0 Å². The molecule has 2 heterocycles. The zero-order valence-corrected chi connectivity index (χ0v) is 12.3. The van der Waals surface area contributed by atoms with Crippen molar-refractivity contribution in [3.63, 3.8) is 0 Å². The second kappa shape index (κ2) is 5.68. The molecule has 0 saturated heterocycles. The number of benzene rings is 1. The molecule has 0 aliphatic heterocycles. The second-order valence-corrected chi connectivity index (χ2v) is 5.23. The van der Waals surface area contributed by atoms with Crippen LogP contribution >= 0.6 is 0 Å². The Morgan fingerprint density at radius 2 is 2.04 bits per heavy atom. The predicted molar refractivity (Wildman–Crippen MR) is 81.9 cm³/mol. The summed E-state index contributed by atoms with van der Waals surface area (Å²) < 4.78 is 14.3. The van der Waals surface area contributed by atoms with Gasteiger partial charge < -0.3 is 5.11 Å². The van der Waals surface area contributed by atoms with Gasteiger partial charge in [-0.25, -0.2) is 13.9 Å². The number of carbonyl (C=O) groups is 1. The number of hydrogen-bond acceptors (Lipinski definition) is 3. The topological polar surface area (TPSA) is 87.5 Å². The van der Waals surface area contributed by atoms with Crippen LogP contribution in [0, 0.1) is 12.7 Å². The van der Waals surface area contributed by atoms with E-state index in [0.29, 0.717) is 22.5 Å².